The number of hydrogen-bond donors (Lipinski definition) is 0. The maximum atomic E-state index is 14.2. The average Bonchev–Trinajstić information content (AvgIpc) is 3.00. The molecule has 0 aliphatic carbocycles. The van der Waals surface area contributed by atoms with E-state index in [-0.39, 0.29) is 23.5 Å². The van der Waals surface area contributed by atoms with Gasteiger partial charge in [0.25, 0.3) is 0 Å². The number of anilines is 1. The van der Waals surface area contributed by atoms with Gasteiger partial charge < -0.3 is 9.64 Å². The molecule has 0 bridgehead atoms. The third-order valence-corrected chi connectivity index (χ3v) is 4.34. The first-order valence-electron chi connectivity index (χ1n) is 6.90. The highest BCUT2D eigenvalue weighted by Crippen LogP contribution is 2.32. The van der Waals surface area contributed by atoms with Gasteiger partial charge in [0.1, 0.15) is 11.8 Å². The van der Waals surface area contributed by atoms with Gasteiger partial charge in [-0.3, -0.25) is 0 Å². The van der Waals surface area contributed by atoms with Crippen molar-refractivity contribution in [2.45, 2.75) is 19.1 Å². The van der Waals surface area contributed by atoms with Gasteiger partial charge in [-0.15, -0.1) is 0 Å². The highest BCUT2D eigenvalue weighted by atomic mass is 32.1. The SMILES string of the molecule is CC1CN(c2c(F)cc(C#N)cc2F)CC(c2ccsc2)O1. The second-order valence-corrected chi connectivity index (χ2v) is 6.08. The molecule has 2 atom stereocenters. The van der Waals surface area contributed by atoms with Crippen LogP contribution in [0.2, 0.25) is 0 Å². The van der Waals surface area contributed by atoms with Crippen LogP contribution in [-0.4, -0.2) is 19.2 Å². The number of morpholine rings is 1. The molecule has 0 saturated carbocycles. The topological polar surface area (TPSA) is 36.3 Å². The van der Waals surface area contributed by atoms with Crippen LogP contribution in [0.1, 0.15) is 24.2 Å². The Labute approximate surface area is 131 Å². The van der Waals surface area contributed by atoms with E-state index in [1.807, 2.05) is 23.8 Å². The molecule has 1 saturated heterocycles. The molecule has 3 nitrogen and oxygen atoms in total. The molecule has 114 valence electrons. The molecule has 3 rings (SSSR count). The van der Waals surface area contributed by atoms with Crippen molar-refractivity contribution >= 4 is 17.0 Å². The molecule has 0 amide bonds. The molecule has 2 aromatic rings. The van der Waals surface area contributed by atoms with E-state index in [2.05, 4.69) is 0 Å². The summed E-state index contributed by atoms with van der Waals surface area (Å²) in [6.45, 7) is 2.66. The molecular weight excluding hydrogens is 306 g/mol. The number of ether oxygens (including phenoxy) is 1. The van der Waals surface area contributed by atoms with Crippen molar-refractivity contribution in [3.05, 3.63) is 51.7 Å². The quantitative estimate of drug-likeness (QED) is 0.843. The van der Waals surface area contributed by atoms with E-state index >= 15 is 0 Å². The van der Waals surface area contributed by atoms with Gasteiger partial charge in [0.05, 0.1) is 17.7 Å². The molecule has 1 aromatic carbocycles. The predicted octanol–water partition coefficient (Wildman–Crippen LogP) is 3.86. The smallest absolute Gasteiger partial charge is 0.150 e. The molecule has 1 aliphatic rings. The van der Waals surface area contributed by atoms with Gasteiger partial charge in [0.15, 0.2) is 11.6 Å². The minimum atomic E-state index is -0.713. The van der Waals surface area contributed by atoms with Crippen molar-refractivity contribution in [3.8, 4) is 6.07 Å². The van der Waals surface area contributed by atoms with Crippen LogP contribution in [0, 0.1) is 23.0 Å². The number of hydrogen-bond acceptors (Lipinski definition) is 4. The van der Waals surface area contributed by atoms with E-state index in [0.29, 0.717) is 13.1 Å². The summed E-state index contributed by atoms with van der Waals surface area (Å²) in [6, 6.07) is 5.85. The Balaban J connectivity index is 1.93. The Morgan fingerprint density at radius 3 is 2.64 bits per heavy atom. The van der Waals surface area contributed by atoms with Gasteiger partial charge in [0, 0.05) is 13.1 Å². The van der Waals surface area contributed by atoms with Gasteiger partial charge >= 0.3 is 0 Å². The molecule has 2 unspecified atom stereocenters. The number of thiophene rings is 1. The van der Waals surface area contributed by atoms with E-state index < -0.39 is 11.6 Å². The second-order valence-electron chi connectivity index (χ2n) is 5.30. The van der Waals surface area contributed by atoms with E-state index in [1.165, 1.54) is 0 Å². The fourth-order valence-corrected chi connectivity index (χ4v) is 3.41. The van der Waals surface area contributed by atoms with Crippen LogP contribution in [0.15, 0.2) is 29.0 Å². The van der Waals surface area contributed by atoms with Crippen LogP contribution >= 0.6 is 11.3 Å². The lowest BCUT2D eigenvalue weighted by atomic mass is 10.1. The fraction of sp³-hybridized carbons (Fsp3) is 0.312. The van der Waals surface area contributed by atoms with Crippen molar-refractivity contribution in [1.82, 2.24) is 0 Å². The Morgan fingerprint density at radius 1 is 1.32 bits per heavy atom. The molecule has 1 aromatic heterocycles. The molecule has 1 aliphatic heterocycles. The lowest BCUT2D eigenvalue weighted by molar-refractivity contribution is -0.0175. The summed E-state index contributed by atoms with van der Waals surface area (Å²) in [5.41, 5.74) is 0.903. The molecule has 2 heterocycles. The van der Waals surface area contributed by atoms with E-state index in [0.717, 1.165) is 17.7 Å². The van der Waals surface area contributed by atoms with Gasteiger partial charge in [0.2, 0.25) is 0 Å². The summed E-state index contributed by atoms with van der Waals surface area (Å²) in [5, 5.41) is 12.7. The van der Waals surface area contributed by atoms with Crippen LogP contribution in [0.4, 0.5) is 14.5 Å². The Kier molecular flexibility index (Phi) is 4.10. The third kappa shape index (κ3) is 2.82. The molecule has 1 fully saturated rings. The average molecular weight is 320 g/mol. The minimum Gasteiger partial charge on any atom is -0.367 e. The highest BCUT2D eigenvalue weighted by Gasteiger charge is 2.30. The largest absolute Gasteiger partial charge is 0.367 e. The van der Waals surface area contributed by atoms with Crippen LogP contribution < -0.4 is 4.90 Å². The molecule has 0 N–H and O–H groups in total. The fourth-order valence-electron chi connectivity index (χ4n) is 2.71. The van der Waals surface area contributed by atoms with Crippen LogP contribution in [0.3, 0.4) is 0 Å². The van der Waals surface area contributed by atoms with E-state index in [1.54, 1.807) is 22.3 Å². The first-order valence-corrected chi connectivity index (χ1v) is 7.84. The molecule has 22 heavy (non-hydrogen) atoms. The third-order valence-electron chi connectivity index (χ3n) is 3.64. The second kappa shape index (κ2) is 6.03. The lowest BCUT2D eigenvalue weighted by Gasteiger charge is -2.38. The summed E-state index contributed by atoms with van der Waals surface area (Å²) < 4.78 is 34.3. The number of rotatable bonds is 2. The van der Waals surface area contributed by atoms with Gasteiger partial charge in [-0.2, -0.15) is 16.6 Å². The summed E-state index contributed by atoms with van der Waals surface area (Å²) in [4.78, 5) is 1.66. The van der Waals surface area contributed by atoms with Gasteiger partial charge in [-0.25, -0.2) is 8.78 Å². The first kappa shape index (κ1) is 14.9. The van der Waals surface area contributed by atoms with Crippen molar-refractivity contribution in [1.29, 1.82) is 5.26 Å². The summed E-state index contributed by atoms with van der Waals surface area (Å²) >= 11 is 1.56. The zero-order chi connectivity index (χ0) is 15.7. The van der Waals surface area contributed by atoms with Gasteiger partial charge in [-0.05, 0) is 41.4 Å². The first-order chi connectivity index (χ1) is 10.6. The summed E-state index contributed by atoms with van der Waals surface area (Å²) in [6.07, 6.45) is -0.363. The molecule has 6 heteroatoms. The number of benzene rings is 1. The molecule has 0 spiro atoms. The number of halogens is 2. The van der Waals surface area contributed by atoms with Crippen molar-refractivity contribution in [2.75, 3.05) is 18.0 Å². The zero-order valence-corrected chi connectivity index (χ0v) is 12.7. The lowest BCUT2D eigenvalue weighted by Crippen LogP contribution is -2.43. The number of nitriles is 1. The van der Waals surface area contributed by atoms with Crippen molar-refractivity contribution in [3.63, 3.8) is 0 Å². The normalized spacial score (nSPS) is 21.6. The van der Waals surface area contributed by atoms with E-state index in [4.69, 9.17) is 10.00 Å². The van der Waals surface area contributed by atoms with Crippen molar-refractivity contribution < 1.29 is 13.5 Å². The monoisotopic (exact) mass is 320 g/mol. The number of nitrogens with zero attached hydrogens (tertiary/aromatic N) is 2. The summed E-state index contributed by atoms with van der Waals surface area (Å²) in [7, 11) is 0. The zero-order valence-electron chi connectivity index (χ0n) is 11.9. The minimum absolute atomic E-state index is 0.0190. The predicted molar refractivity (Wildman–Crippen MR) is 80.9 cm³/mol. The standard InChI is InChI=1S/C16H14F2N2OS/c1-10-7-20(8-15(21-10)12-2-3-22-9-12)16-13(17)4-11(6-19)5-14(16)18/h2-5,9-10,15H,7-8H2,1H3. The Bertz CT molecular complexity index is 688. The van der Waals surface area contributed by atoms with Crippen molar-refractivity contribution in [2.24, 2.45) is 0 Å². The Hall–Kier alpha value is -1.97. The maximum Gasteiger partial charge on any atom is 0.150 e. The Morgan fingerprint density at radius 2 is 2.05 bits per heavy atom. The highest BCUT2D eigenvalue weighted by molar-refractivity contribution is 7.07. The van der Waals surface area contributed by atoms with E-state index in [9.17, 15) is 8.78 Å². The maximum absolute atomic E-state index is 14.2. The van der Waals surface area contributed by atoms with Crippen LogP contribution in [-0.2, 0) is 4.74 Å². The van der Waals surface area contributed by atoms with Gasteiger partial charge in [-0.1, -0.05) is 0 Å². The summed E-state index contributed by atoms with van der Waals surface area (Å²) in [5.74, 6) is -1.43. The molecule has 0 radical (unpaired) electrons. The van der Waals surface area contributed by atoms with Crippen LogP contribution in [0.5, 0.6) is 0 Å². The van der Waals surface area contributed by atoms with Crippen LogP contribution in [0.25, 0.3) is 0 Å². The molecular formula is C16H14F2N2OS.